The van der Waals surface area contributed by atoms with E-state index >= 15 is 0 Å². The molecule has 1 aromatic carbocycles. The second-order valence-corrected chi connectivity index (χ2v) is 8.37. The van der Waals surface area contributed by atoms with E-state index in [9.17, 15) is 8.42 Å². The Morgan fingerprint density at radius 1 is 1.19 bits per heavy atom. The highest BCUT2D eigenvalue weighted by Crippen LogP contribution is 2.27. The first-order chi connectivity index (χ1) is 9.87. The molecule has 1 heterocycles. The summed E-state index contributed by atoms with van der Waals surface area (Å²) in [4.78, 5) is 4.62. The van der Waals surface area contributed by atoms with Gasteiger partial charge in [0.1, 0.15) is 9.84 Å². The predicted octanol–water partition coefficient (Wildman–Crippen LogP) is 2.06. The van der Waals surface area contributed by atoms with E-state index < -0.39 is 9.84 Å². The van der Waals surface area contributed by atoms with Crippen LogP contribution in [0.3, 0.4) is 0 Å². The van der Waals surface area contributed by atoms with E-state index in [2.05, 4.69) is 22.8 Å². The molecule has 4 nitrogen and oxygen atoms in total. The Morgan fingerprint density at radius 2 is 1.81 bits per heavy atom. The number of sulfone groups is 1. The highest BCUT2D eigenvalue weighted by Gasteiger charge is 2.23. The lowest BCUT2D eigenvalue weighted by Gasteiger charge is -2.38. The summed E-state index contributed by atoms with van der Waals surface area (Å²) in [6, 6.07) is 8.25. The normalized spacial score (nSPS) is 19.6. The molecular weight excluding hydrogens is 308 g/mol. The van der Waals surface area contributed by atoms with Crippen LogP contribution in [-0.4, -0.2) is 63.0 Å². The van der Waals surface area contributed by atoms with Crippen molar-refractivity contribution in [2.75, 3.05) is 44.7 Å². The average molecular weight is 331 g/mol. The maximum absolute atomic E-state index is 11.2. The molecule has 1 aliphatic heterocycles. The maximum Gasteiger partial charge on any atom is 0.148 e. The zero-order valence-corrected chi connectivity index (χ0v) is 14.2. The van der Waals surface area contributed by atoms with Gasteiger partial charge < -0.3 is 0 Å². The van der Waals surface area contributed by atoms with Crippen LogP contribution in [0.15, 0.2) is 24.3 Å². The fourth-order valence-electron chi connectivity index (χ4n) is 2.68. The molecule has 0 radical (unpaired) electrons. The third-order valence-electron chi connectivity index (χ3n) is 4.09. The van der Waals surface area contributed by atoms with E-state index in [0.29, 0.717) is 6.54 Å². The molecule has 1 aliphatic rings. The first-order valence-corrected chi connectivity index (χ1v) is 9.69. The van der Waals surface area contributed by atoms with Gasteiger partial charge in [0.2, 0.25) is 0 Å². The zero-order valence-electron chi connectivity index (χ0n) is 12.6. The lowest BCUT2D eigenvalue weighted by atomic mass is 10.1. The van der Waals surface area contributed by atoms with Gasteiger partial charge in [-0.3, -0.25) is 9.80 Å². The fourth-order valence-corrected chi connectivity index (χ4v) is 3.56. The summed E-state index contributed by atoms with van der Waals surface area (Å²) < 4.78 is 22.4. The van der Waals surface area contributed by atoms with Gasteiger partial charge in [0.15, 0.2) is 0 Å². The van der Waals surface area contributed by atoms with Crippen molar-refractivity contribution in [3.05, 3.63) is 34.9 Å². The number of piperazine rings is 1. The van der Waals surface area contributed by atoms with Crippen LogP contribution < -0.4 is 0 Å². The SMILES string of the molecule is CC(c1ccccc1Cl)N1CCN(CCS(C)(=O)=O)CC1. The lowest BCUT2D eigenvalue weighted by molar-refractivity contribution is 0.106. The van der Waals surface area contributed by atoms with Crippen LogP contribution >= 0.6 is 11.6 Å². The van der Waals surface area contributed by atoms with Crippen LogP contribution in [-0.2, 0) is 9.84 Å². The lowest BCUT2D eigenvalue weighted by Crippen LogP contribution is -2.48. The van der Waals surface area contributed by atoms with Crippen molar-refractivity contribution >= 4 is 21.4 Å². The van der Waals surface area contributed by atoms with E-state index in [1.165, 1.54) is 6.26 Å². The first-order valence-electron chi connectivity index (χ1n) is 7.25. The molecule has 0 N–H and O–H groups in total. The summed E-state index contributed by atoms with van der Waals surface area (Å²) in [5.74, 6) is 0.243. The van der Waals surface area contributed by atoms with Crippen molar-refractivity contribution in [3.63, 3.8) is 0 Å². The number of halogens is 1. The van der Waals surface area contributed by atoms with Gasteiger partial charge in [0.05, 0.1) is 5.75 Å². The van der Waals surface area contributed by atoms with Gasteiger partial charge >= 0.3 is 0 Å². The topological polar surface area (TPSA) is 40.6 Å². The standard InChI is InChI=1S/C15H23ClN2O2S/c1-13(14-5-3-4-6-15(14)16)18-9-7-17(8-10-18)11-12-21(2,19)20/h3-6,13H,7-12H2,1-2H3. The van der Waals surface area contributed by atoms with Crippen molar-refractivity contribution < 1.29 is 8.42 Å². The Bertz CT molecular complexity index is 569. The van der Waals surface area contributed by atoms with Gasteiger partial charge in [0, 0.05) is 50.0 Å². The monoisotopic (exact) mass is 330 g/mol. The Labute approximate surface area is 132 Å². The van der Waals surface area contributed by atoms with Gasteiger partial charge in [-0.2, -0.15) is 0 Å². The molecule has 1 fully saturated rings. The van der Waals surface area contributed by atoms with Gasteiger partial charge in [-0.25, -0.2) is 8.42 Å². The van der Waals surface area contributed by atoms with Crippen LogP contribution in [0.4, 0.5) is 0 Å². The summed E-state index contributed by atoms with van der Waals surface area (Å²) >= 11 is 6.26. The molecule has 0 aliphatic carbocycles. The highest BCUT2D eigenvalue weighted by molar-refractivity contribution is 7.90. The van der Waals surface area contributed by atoms with Crippen LogP contribution in [0.25, 0.3) is 0 Å². The van der Waals surface area contributed by atoms with Crippen molar-refractivity contribution in [1.29, 1.82) is 0 Å². The summed E-state index contributed by atoms with van der Waals surface area (Å²) in [5, 5.41) is 0.810. The minimum Gasteiger partial charge on any atom is -0.300 e. The Kier molecular flexibility index (Phi) is 5.66. The number of benzene rings is 1. The summed E-state index contributed by atoms with van der Waals surface area (Å²) in [6.07, 6.45) is 1.29. The molecule has 21 heavy (non-hydrogen) atoms. The molecule has 2 rings (SSSR count). The Balaban J connectivity index is 1.88. The van der Waals surface area contributed by atoms with Crippen molar-refractivity contribution in [2.45, 2.75) is 13.0 Å². The van der Waals surface area contributed by atoms with E-state index in [0.717, 1.165) is 36.8 Å². The van der Waals surface area contributed by atoms with Crippen LogP contribution in [0, 0.1) is 0 Å². The first kappa shape index (κ1) is 16.7. The Morgan fingerprint density at radius 3 is 2.38 bits per heavy atom. The van der Waals surface area contributed by atoms with E-state index in [-0.39, 0.29) is 11.8 Å². The fraction of sp³-hybridized carbons (Fsp3) is 0.600. The molecule has 6 heteroatoms. The molecule has 1 aromatic rings. The Hall–Kier alpha value is -0.620. The molecule has 0 spiro atoms. The molecule has 0 amide bonds. The number of rotatable bonds is 5. The van der Waals surface area contributed by atoms with Gasteiger partial charge in [0.25, 0.3) is 0 Å². The summed E-state index contributed by atoms with van der Waals surface area (Å²) in [7, 11) is -2.87. The van der Waals surface area contributed by atoms with Crippen LogP contribution in [0.2, 0.25) is 5.02 Å². The second kappa shape index (κ2) is 7.09. The smallest absolute Gasteiger partial charge is 0.148 e. The second-order valence-electron chi connectivity index (χ2n) is 5.70. The van der Waals surface area contributed by atoms with Crippen LogP contribution in [0.1, 0.15) is 18.5 Å². The molecule has 118 valence electrons. The highest BCUT2D eigenvalue weighted by atomic mass is 35.5. The number of hydrogen-bond donors (Lipinski definition) is 0. The number of hydrogen-bond acceptors (Lipinski definition) is 4. The molecule has 1 saturated heterocycles. The maximum atomic E-state index is 11.2. The van der Waals surface area contributed by atoms with E-state index in [1.807, 2.05) is 18.2 Å². The predicted molar refractivity (Wildman–Crippen MR) is 87.6 cm³/mol. The van der Waals surface area contributed by atoms with Gasteiger partial charge in [-0.15, -0.1) is 0 Å². The average Bonchev–Trinajstić information content (AvgIpc) is 2.45. The number of nitrogens with zero attached hydrogens (tertiary/aromatic N) is 2. The summed E-state index contributed by atoms with van der Waals surface area (Å²) in [5.41, 5.74) is 1.16. The molecular formula is C15H23ClN2O2S. The third kappa shape index (κ3) is 4.95. The summed E-state index contributed by atoms with van der Waals surface area (Å²) in [6.45, 7) is 6.50. The molecule has 0 aromatic heterocycles. The minimum absolute atomic E-state index is 0.243. The zero-order chi connectivity index (χ0) is 15.5. The van der Waals surface area contributed by atoms with E-state index in [1.54, 1.807) is 0 Å². The van der Waals surface area contributed by atoms with E-state index in [4.69, 9.17) is 11.6 Å². The molecule has 1 atom stereocenters. The molecule has 0 saturated carbocycles. The molecule has 0 bridgehead atoms. The van der Waals surface area contributed by atoms with Crippen molar-refractivity contribution in [1.82, 2.24) is 9.80 Å². The van der Waals surface area contributed by atoms with Crippen LogP contribution in [0.5, 0.6) is 0 Å². The van der Waals surface area contributed by atoms with Gasteiger partial charge in [-0.05, 0) is 18.6 Å². The third-order valence-corrected chi connectivity index (χ3v) is 5.36. The largest absolute Gasteiger partial charge is 0.300 e. The quantitative estimate of drug-likeness (QED) is 0.828. The van der Waals surface area contributed by atoms with Crippen molar-refractivity contribution in [2.24, 2.45) is 0 Å². The molecule has 1 unspecified atom stereocenters. The van der Waals surface area contributed by atoms with Gasteiger partial charge in [-0.1, -0.05) is 29.8 Å². The minimum atomic E-state index is -2.87. The van der Waals surface area contributed by atoms with Crippen molar-refractivity contribution in [3.8, 4) is 0 Å².